The Morgan fingerprint density at radius 2 is 0.854 bits per heavy atom. The lowest BCUT2D eigenvalue weighted by Crippen LogP contribution is -2.10. The van der Waals surface area contributed by atoms with Gasteiger partial charge in [-0.1, -0.05) is 140 Å². The van der Waals surface area contributed by atoms with Gasteiger partial charge in [0.05, 0.1) is 16.7 Å². The first-order valence-electron chi connectivity index (χ1n) is 16.4. The Balaban J connectivity index is 1.23. The highest BCUT2D eigenvalue weighted by atomic mass is 15.1. The van der Waals surface area contributed by atoms with Crippen molar-refractivity contribution < 1.29 is 0 Å². The smallest absolute Gasteiger partial charge is 0.0542 e. The predicted molar refractivity (Wildman–Crippen MR) is 204 cm³/mol. The molecule has 0 unspecified atom stereocenters. The second kappa shape index (κ2) is 11.8. The average molecular weight is 613 g/mol. The molecule has 0 saturated carbocycles. The molecule has 0 aliphatic heterocycles. The lowest BCUT2D eigenvalue weighted by Gasteiger charge is -2.27. The van der Waals surface area contributed by atoms with E-state index in [2.05, 4.69) is 204 Å². The molecule has 0 saturated heterocycles. The van der Waals surface area contributed by atoms with Gasteiger partial charge in [0.25, 0.3) is 0 Å². The number of aromatic nitrogens is 1. The Morgan fingerprint density at radius 1 is 0.333 bits per heavy atom. The first-order valence-corrected chi connectivity index (χ1v) is 16.4. The van der Waals surface area contributed by atoms with Crippen molar-refractivity contribution >= 4 is 49.6 Å². The minimum absolute atomic E-state index is 1.10. The number of hydrogen-bond acceptors (Lipinski definition) is 1. The molecule has 0 atom stereocenters. The highest BCUT2D eigenvalue weighted by Gasteiger charge is 2.19. The summed E-state index contributed by atoms with van der Waals surface area (Å²) < 4.78 is 2.42. The predicted octanol–water partition coefficient (Wildman–Crippen LogP) is 12.7. The first kappa shape index (κ1) is 27.9. The van der Waals surface area contributed by atoms with Gasteiger partial charge < -0.3 is 9.47 Å². The third kappa shape index (κ3) is 4.74. The first-order chi connectivity index (χ1) is 23.8. The molecule has 0 aliphatic carbocycles. The fourth-order valence-corrected chi connectivity index (χ4v) is 7.18. The number of rotatable bonds is 6. The molecular formula is C46H32N2. The Morgan fingerprint density at radius 3 is 1.56 bits per heavy atom. The van der Waals surface area contributed by atoms with Gasteiger partial charge in [-0.2, -0.15) is 0 Å². The summed E-state index contributed by atoms with van der Waals surface area (Å²) >= 11 is 0. The van der Waals surface area contributed by atoms with E-state index in [1.165, 1.54) is 54.8 Å². The van der Waals surface area contributed by atoms with Crippen LogP contribution in [0.2, 0.25) is 0 Å². The molecule has 0 spiro atoms. The molecule has 0 N–H and O–H groups in total. The van der Waals surface area contributed by atoms with Gasteiger partial charge in [-0.15, -0.1) is 0 Å². The number of para-hydroxylation sites is 3. The zero-order valence-electron chi connectivity index (χ0n) is 26.4. The third-order valence-corrected chi connectivity index (χ3v) is 9.38. The normalized spacial score (nSPS) is 11.3. The summed E-state index contributed by atoms with van der Waals surface area (Å²) in [6, 6.07) is 69.9. The van der Waals surface area contributed by atoms with Crippen LogP contribution in [0.1, 0.15) is 0 Å². The van der Waals surface area contributed by atoms with Crippen molar-refractivity contribution in [2.45, 2.75) is 0 Å². The SMILES string of the molecule is c1ccc(-c2cc(N(c3ccccc3)c3ccc(-c4cccc5ccccc45)cc3)ccc2-n2c3ccccc3c3ccccc32)cc1. The molecule has 0 aliphatic rings. The lowest BCUT2D eigenvalue weighted by molar-refractivity contribution is 1.17. The number of hydrogen-bond donors (Lipinski definition) is 0. The van der Waals surface area contributed by atoms with Crippen LogP contribution >= 0.6 is 0 Å². The van der Waals surface area contributed by atoms with Crippen molar-refractivity contribution in [1.82, 2.24) is 4.57 Å². The zero-order chi connectivity index (χ0) is 31.9. The van der Waals surface area contributed by atoms with Crippen LogP contribution in [0, 0.1) is 0 Å². The minimum Gasteiger partial charge on any atom is -0.310 e. The molecule has 2 heteroatoms. The number of fused-ring (bicyclic) bond motifs is 4. The largest absolute Gasteiger partial charge is 0.310 e. The molecule has 1 aromatic heterocycles. The van der Waals surface area contributed by atoms with E-state index in [0.29, 0.717) is 0 Å². The third-order valence-electron chi connectivity index (χ3n) is 9.38. The summed E-state index contributed by atoms with van der Waals surface area (Å²) in [5.74, 6) is 0. The van der Waals surface area contributed by atoms with Crippen LogP contribution in [-0.2, 0) is 0 Å². The van der Waals surface area contributed by atoms with Crippen LogP contribution in [0.3, 0.4) is 0 Å². The summed E-state index contributed by atoms with van der Waals surface area (Å²) in [5, 5.41) is 5.03. The Labute approximate surface area is 280 Å². The van der Waals surface area contributed by atoms with Gasteiger partial charge in [0.2, 0.25) is 0 Å². The van der Waals surface area contributed by atoms with E-state index < -0.39 is 0 Å². The monoisotopic (exact) mass is 612 g/mol. The Bertz CT molecular complexity index is 2490. The Hall–Kier alpha value is -6.38. The molecule has 8 aromatic carbocycles. The van der Waals surface area contributed by atoms with Gasteiger partial charge in [0, 0.05) is 33.4 Å². The maximum Gasteiger partial charge on any atom is 0.0542 e. The van der Waals surface area contributed by atoms with Gasteiger partial charge >= 0.3 is 0 Å². The maximum atomic E-state index is 2.42. The highest BCUT2D eigenvalue weighted by molar-refractivity contribution is 6.10. The fraction of sp³-hybridized carbons (Fsp3) is 0. The van der Waals surface area contributed by atoms with E-state index in [-0.39, 0.29) is 0 Å². The second-order valence-electron chi connectivity index (χ2n) is 12.2. The molecule has 0 amide bonds. The zero-order valence-corrected chi connectivity index (χ0v) is 26.4. The number of nitrogens with zero attached hydrogens (tertiary/aromatic N) is 2. The van der Waals surface area contributed by atoms with Crippen LogP contribution < -0.4 is 4.90 Å². The quantitative estimate of drug-likeness (QED) is 0.181. The Kier molecular flexibility index (Phi) is 6.84. The number of benzene rings is 8. The van der Waals surface area contributed by atoms with Crippen LogP contribution in [0.15, 0.2) is 194 Å². The van der Waals surface area contributed by atoms with E-state index in [9.17, 15) is 0 Å². The molecular weight excluding hydrogens is 581 g/mol. The molecule has 0 fully saturated rings. The van der Waals surface area contributed by atoms with Gasteiger partial charge in [-0.3, -0.25) is 0 Å². The van der Waals surface area contributed by atoms with Gasteiger partial charge in [0.1, 0.15) is 0 Å². The van der Waals surface area contributed by atoms with E-state index in [0.717, 1.165) is 22.7 Å². The molecule has 2 nitrogen and oxygen atoms in total. The van der Waals surface area contributed by atoms with Gasteiger partial charge in [-0.05, 0) is 82.1 Å². The van der Waals surface area contributed by atoms with Crippen LogP contribution in [0.5, 0.6) is 0 Å². The molecule has 9 rings (SSSR count). The van der Waals surface area contributed by atoms with E-state index >= 15 is 0 Å². The molecule has 0 radical (unpaired) electrons. The van der Waals surface area contributed by atoms with Crippen molar-refractivity contribution in [3.05, 3.63) is 194 Å². The molecule has 0 bridgehead atoms. The van der Waals surface area contributed by atoms with Gasteiger partial charge in [-0.25, -0.2) is 0 Å². The van der Waals surface area contributed by atoms with Crippen molar-refractivity contribution in [1.29, 1.82) is 0 Å². The van der Waals surface area contributed by atoms with Crippen molar-refractivity contribution in [3.63, 3.8) is 0 Å². The summed E-state index contributed by atoms with van der Waals surface area (Å²) in [6.07, 6.45) is 0. The summed E-state index contributed by atoms with van der Waals surface area (Å²) in [5.41, 5.74) is 11.7. The molecule has 226 valence electrons. The highest BCUT2D eigenvalue weighted by Crippen LogP contribution is 2.42. The van der Waals surface area contributed by atoms with Crippen LogP contribution in [0.4, 0.5) is 17.1 Å². The fourth-order valence-electron chi connectivity index (χ4n) is 7.18. The van der Waals surface area contributed by atoms with Crippen LogP contribution in [0.25, 0.3) is 60.5 Å². The molecule has 48 heavy (non-hydrogen) atoms. The van der Waals surface area contributed by atoms with Crippen molar-refractivity contribution in [3.8, 4) is 27.9 Å². The standard InChI is InChI=1S/C46H32N2/c1-3-14-34(15-4-1)43-32-38(30-31-46(43)48-44-24-11-9-21-41(44)42-22-10-12-25-45(42)48)47(36-18-5-2-6-19-36)37-28-26-35(27-29-37)40-23-13-17-33-16-7-8-20-39(33)40/h1-32H. The number of anilines is 3. The molecule has 1 heterocycles. The van der Waals surface area contributed by atoms with Crippen molar-refractivity contribution in [2.75, 3.05) is 4.90 Å². The maximum absolute atomic E-state index is 2.42. The van der Waals surface area contributed by atoms with Crippen molar-refractivity contribution in [2.24, 2.45) is 0 Å². The van der Waals surface area contributed by atoms with E-state index in [4.69, 9.17) is 0 Å². The lowest BCUT2D eigenvalue weighted by atomic mass is 9.98. The summed E-state index contributed by atoms with van der Waals surface area (Å²) in [4.78, 5) is 2.36. The van der Waals surface area contributed by atoms with Gasteiger partial charge in [0.15, 0.2) is 0 Å². The minimum atomic E-state index is 1.10. The summed E-state index contributed by atoms with van der Waals surface area (Å²) in [6.45, 7) is 0. The van der Waals surface area contributed by atoms with E-state index in [1.807, 2.05) is 0 Å². The molecule has 9 aromatic rings. The average Bonchev–Trinajstić information content (AvgIpc) is 3.50. The summed E-state index contributed by atoms with van der Waals surface area (Å²) in [7, 11) is 0. The topological polar surface area (TPSA) is 8.17 Å². The second-order valence-corrected chi connectivity index (χ2v) is 12.2. The van der Waals surface area contributed by atoms with Crippen LogP contribution in [-0.4, -0.2) is 4.57 Å². The van der Waals surface area contributed by atoms with E-state index in [1.54, 1.807) is 0 Å².